The zero-order valence-corrected chi connectivity index (χ0v) is 5.73. The normalized spacial score (nSPS) is 12.7. The maximum absolute atomic E-state index is 10.2. The first-order valence-corrected chi connectivity index (χ1v) is 2.84. The van der Waals surface area contributed by atoms with E-state index in [1.165, 1.54) is 0 Å². The van der Waals surface area contributed by atoms with Crippen LogP contribution in [0.5, 0.6) is 0 Å². The van der Waals surface area contributed by atoms with Crippen LogP contribution in [0.4, 0.5) is 0 Å². The number of rotatable bonds is 4. The summed E-state index contributed by atoms with van der Waals surface area (Å²) >= 11 is 0. The van der Waals surface area contributed by atoms with Crippen LogP contribution in [0.25, 0.3) is 0 Å². The van der Waals surface area contributed by atoms with Gasteiger partial charge in [0.25, 0.3) is 0 Å². The monoisotopic (exact) mass is 156 g/mol. The number of hydrogen-bond donors (Lipinski definition) is 2. The summed E-state index contributed by atoms with van der Waals surface area (Å²) in [5, 5.41) is 16.5. The fourth-order valence-corrected chi connectivity index (χ4v) is 0.448. The van der Waals surface area contributed by atoms with Gasteiger partial charge in [-0.15, -0.1) is 6.58 Å². The molecule has 0 aliphatic rings. The van der Waals surface area contributed by atoms with Gasteiger partial charge in [0.1, 0.15) is 0 Å². The minimum atomic E-state index is -1.17. The van der Waals surface area contributed by atoms with Gasteiger partial charge in [-0.2, -0.15) is 0 Å². The van der Waals surface area contributed by atoms with Gasteiger partial charge in [0.15, 0.2) is 0 Å². The molecule has 0 saturated carbocycles. The molecule has 0 saturated heterocycles. The average molecular weight is 156 g/mol. The van der Waals surface area contributed by atoms with Gasteiger partial charge in [-0.1, -0.05) is 12.2 Å². The first-order chi connectivity index (χ1) is 5.07. The van der Waals surface area contributed by atoms with E-state index < -0.39 is 17.9 Å². The second-order valence-corrected chi connectivity index (χ2v) is 1.80. The molecule has 11 heavy (non-hydrogen) atoms. The van der Waals surface area contributed by atoms with Crippen molar-refractivity contribution in [2.24, 2.45) is 5.92 Å². The number of aliphatic carboxylic acids is 2. The van der Waals surface area contributed by atoms with E-state index in [0.717, 1.165) is 18.2 Å². The van der Waals surface area contributed by atoms with Crippen LogP contribution in [0, 0.1) is 5.92 Å². The molecule has 0 bridgehead atoms. The molecule has 0 radical (unpaired) electrons. The van der Waals surface area contributed by atoms with Crippen molar-refractivity contribution in [3.8, 4) is 0 Å². The maximum atomic E-state index is 10.2. The van der Waals surface area contributed by atoms with Gasteiger partial charge >= 0.3 is 11.9 Å². The summed E-state index contributed by atoms with van der Waals surface area (Å²) in [6.45, 7) is 3.24. The van der Waals surface area contributed by atoms with Gasteiger partial charge in [-0.25, -0.2) is 4.79 Å². The Balaban J connectivity index is 4.19. The van der Waals surface area contributed by atoms with Crippen LogP contribution in [-0.2, 0) is 9.59 Å². The predicted molar refractivity (Wildman–Crippen MR) is 38.1 cm³/mol. The Kier molecular flexibility index (Phi) is 3.66. The van der Waals surface area contributed by atoms with Crippen molar-refractivity contribution >= 4 is 11.9 Å². The Morgan fingerprint density at radius 1 is 1.36 bits per heavy atom. The molecule has 0 aromatic carbocycles. The van der Waals surface area contributed by atoms with Crippen LogP contribution in [0.1, 0.15) is 0 Å². The molecule has 0 aliphatic carbocycles. The minimum absolute atomic E-state index is 0.778. The van der Waals surface area contributed by atoms with Crippen LogP contribution >= 0.6 is 0 Å². The summed E-state index contributed by atoms with van der Waals surface area (Å²) < 4.78 is 0. The molecular weight excluding hydrogens is 148 g/mol. The summed E-state index contributed by atoms with van der Waals surface area (Å²) in [4.78, 5) is 20.2. The third-order valence-electron chi connectivity index (χ3n) is 0.985. The number of hydrogen-bond acceptors (Lipinski definition) is 2. The Hall–Kier alpha value is -1.58. The molecule has 4 heteroatoms. The first kappa shape index (κ1) is 9.42. The van der Waals surface area contributed by atoms with E-state index in [-0.39, 0.29) is 0 Å². The van der Waals surface area contributed by atoms with Crippen molar-refractivity contribution in [2.75, 3.05) is 0 Å². The van der Waals surface area contributed by atoms with E-state index in [4.69, 9.17) is 10.2 Å². The van der Waals surface area contributed by atoms with Gasteiger partial charge < -0.3 is 10.2 Å². The third kappa shape index (κ3) is 3.91. The molecule has 1 atom stereocenters. The SMILES string of the molecule is C=CC(/C=C/C(=O)O)C(=O)O. The second kappa shape index (κ2) is 4.27. The average Bonchev–Trinajstić information content (AvgIpc) is 1.87. The van der Waals surface area contributed by atoms with Crippen LogP contribution < -0.4 is 0 Å². The highest BCUT2D eigenvalue weighted by molar-refractivity contribution is 5.82. The quantitative estimate of drug-likeness (QED) is 0.459. The fourth-order valence-electron chi connectivity index (χ4n) is 0.448. The van der Waals surface area contributed by atoms with E-state index in [1.807, 2.05) is 0 Å². The second-order valence-electron chi connectivity index (χ2n) is 1.80. The lowest BCUT2D eigenvalue weighted by Crippen LogP contribution is -2.07. The summed E-state index contributed by atoms with van der Waals surface area (Å²) in [5.41, 5.74) is 0. The molecule has 0 amide bonds. The third-order valence-corrected chi connectivity index (χ3v) is 0.985. The Bertz CT molecular complexity index is 204. The van der Waals surface area contributed by atoms with Crippen LogP contribution in [0.3, 0.4) is 0 Å². The van der Waals surface area contributed by atoms with Crippen molar-refractivity contribution in [2.45, 2.75) is 0 Å². The highest BCUT2D eigenvalue weighted by Gasteiger charge is 2.08. The molecule has 1 unspecified atom stereocenters. The molecule has 60 valence electrons. The summed E-state index contributed by atoms with van der Waals surface area (Å²) in [7, 11) is 0. The van der Waals surface area contributed by atoms with Gasteiger partial charge in [-0.05, 0) is 0 Å². The Labute approximate surface area is 63.5 Å². The predicted octanol–water partition coefficient (Wildman–Crippen LogP) is 0.514. The molecular formula is C7H8O4. The van der Waals surface area contributed by atoms with Gasteiger partial charge in [0.05, 0.1) is 5.92 Å². The van der Waals surface area contributed by atoms with Crippen molar-refractivity contribution < 1.29 is 19.8 Å². The smallest absolute Gasteiger partial charge is 0.328 e. The molecule has 0 fully saturated rings. The van der Waals surface area contributed by atoms with E-state index in [9.17, 15) is 9.59 Å². The number of carboxylic acids is 2. The topological polar surface area (TPSA) is 74.6 Å². The zero-order chi connectivity index (χ0) is 8.85. The Morgan fingerprint density at radius 3 is 2.18 bits per heavy atom. The minimum Gasteiger partial charge on any atom is -0.481 e. The summed E-state index contributed by atoms with van der Waals surface area (Å²) in [6, 6.07) is 0. The van der Waals surface area contributed by atoms with Crippen LogP contribution in [0.2, 0.25) is 0 Å². The molecule has 0 rings (SSSR count). The molecule has 0 heterocycles. The molecule has 0 aliphatic heterocycles. The van der Waals surface area contributed by atoms with Crippen molar-refractivity contribution in [1.29, 1.82) is 0 Å². The lowest BCUT2D eigenvalue weighted by Gasteiger charge is -1.96. The molecule has 4 nitrogen and oxygen atoms in total. The zero-order valence-electron chi connectivity index (χ0n) is 5.73. The van der Waals surface area contributed by atoms with Crippen molar-refractivity contribution in [3.63, 3.8) is 0 Å². The fraction of sp³-hybridized carbons (Fsp3) is 0.143. The maximum Gasteiger partial charge on any atom is 0.328 e. The largest absolute Gasteiger partial charge is 0.481 e. The van der Waals surface area contributed by atoms with Crippen molar-refractivity contribution in [3.05, 3.63) is 24.8 Å². The standard InChI is InChI=1S/C7H8O4/c1-2-5(7(10)11)3-4-6(8)9/h2-5H,1H2,(H,8,9)(H,10,11)/b4-3+. The van der Waals surface area contributed by atoms with E-state index in [1.54, 1.807) is 0 Å². The van der Waals surface area contributed by atoms with Crippen molar-refractivity contribution in [1.82, 2.24) is 0 Å². The van der Waals surface area contributed by atoms with E-state index in [0.29, 0.717) is 0 Å². The number of carboxylic acid groups (broad SMARTS) is 2. The highest BCUT2D eigenvalue weighted by Crippen LogP contribution is 1.99. The van der Waals surface area contributed by atoms with E-state index >= 15 is 0 Å². The highest BCUT2D eigenvalue weighted by atomic mass is 16.4. The lowest BCUT2D eigenvalue weighted by atomic mass is 10.1. The number of carbonyl (C=O) groups is 2. The molecule has 0 aromatic rings. The van der Waals surface area contributed by atoms with Gasteiger partial charge in [0, 0.05) is 6.08 Å². The first-order valence-electron chi connectivity index (χ1n) is 2.84. The molecule has 0 spiro atoms. The summed E-state index contributed by atoms with van der Waals surface area (Å²) in [6.07, 6.45) is 2.99. The lowest BCUT2D eigenvalue weighted by molar-refractivity contribution is -0.138. The summed E-state index contributed by atoms with van der Waals surface area (Å²) in [5.74, 6) is -3.21. The van der Waals surface area contributed by atoms with Crippen LogP contribution in [0.15, 0.2) is 24.8 Å². The van der Waals surface area contributed by atoms with Gasteiger partial charge in [0.2, 0.25) is 0 Å². The molecule has 2 N–H and O–H groups in total. The van der Waals surface area contributed by atoms with Gasteiger partial charge in [-0.3, -0.25) is 4.79 Å². The van der Waals surface area contributed by atoms with E-state index in [2.05, 4.69) is 6.58 Å². The Morgan fingerprint density at radius 2 is 1.91 bits per heavy atom. The van der Waals surface area contributed by atoms with Crippen LogP contribution in [-0.4, -0.2) is 22.2 Å². The molecule has 0 aromatic heterocycles.